The van der Waals surface area contributed by atoms with E-state index in [1.54, 1.807) is 27.7 Å². The van der Waals surface area contributed by atoms with E-state index in [1.165, 1.54) is 0 Å². The number of carbonyl (C=O) groups excluding carboxylic acids is 2. The molecule has 2 rings (SSSR count). The molecule has 6 nitrogen and oxygen atoms in total. The maximum atomic E-state index is 12.8. The lowest BCUT2D eigenvalue weighted by atomic mass is 10.1. The number of benzene rings is 2. The van der Waals surface area contributed by atoms with E-state index in [2.05, 4.69) is 10.6 Å². The zero-order chi connectivity index (χ0) is 21.3. The number of hydrogen-bond donors (Lipinski definition) is 2. The quantitative estimate of drug-likeness (QED) is 0.709. The van der Waals surface area contributed by atoms with Crippen LogP contribution in [0.5, 0.6) is 0 Å². The summed E-state index contributed by atoms with van der Waals surface area (Å²) in [5.74, 6) is -0.333. The van der Waals surface area contributed by atoms with Gasteiger partial charge in [-0.1, -0.05) is 60.7 Å². The van der Waals surface area contributed by atoms with E-state index in [4.69, 9.17) is 9.47 Å². The van der Waals surface area contributed by atoms with Crippen LogP contribution in [0, 0.1) is 0 Å². The molecular formula is C23H30N2O4. The second-order valence-electron chi connectivity index (χ2n) is 7.83. The van der Waals surface area contributed by atoms with Gasteiger partial charge in [-0.2, -0.15) is 0 Å². The fourth-order valence-electron chi connectivity index (χ4n) is 2.62. The third kappa shape index (κ3) is 8.35. The minimum Gasteiger partial charge on any atom is -0.444 e. The monoisotopic (exact) mass is 398 g/mol. The number of nitrogens with one attached hydrogen (secondary N) is 2. The van der Waals surface area contributed by atoms with E-state index in [1.807, 2.05) is 60.7 Å². The molecule has 2 aromatic carbocycles. The van der Waals surface area contributed by atoms with Crippen molar-refractivity contribution in [3.63, 3.8) is 0 Å². The number of ether oxygens (including phenoxy) is 2. The first-order chi connectivity index (χ1) is 13.7. The van der Waals surface area contributed by atoms with Crippen LogP contribution in [0.25, 0.3) is 0 Å². The number of rotatable bonds is 8. The molecule has 0 unspecified atom stereocenters. The van der Waals surface area contributed by atoms with E-state index in [9.17, 15) is 9.59 Å². The Morgan fingerprint density at radius 2 is 1.48 bits per heavy atom. The molecule has 0 radical (unpaired) electrons. The Hall–Kier alpha value is -2.86. The highest BCUT2D eigenvalue weighted by molar-refractivity contribution is 5.86. The molecule has 0 bridgehead atoms. The van der Waals surface area contributed by atoms with Gasteiger partial charge < -0.3 is 20.1 Å². The summed E-state index contributed by atoms with van der Waals surface area (Å²) in [6.45, 7) is 7.76. The van der Waals surface area contributed by atoms with Crippen LogP contribution in [0.3, 0.4) is 0 Å². The maximum absolute atomic E-state index is 12.8. The Morgan fingerprint density at radius 1 is 0.931 bits per heavy atom. The lowest BCUT2D eigenvalue weighted by Crippen LogP contribution is -2.53. The predicted molar refractivity (Wildman–Crippen MR) is 112 cm³/mol. The van der Waals surface area contributed by atoms with Gasteiger partial charge in [0.15, 0.2) is 0 Å². The van der Waals surface area contributed by atoms with E-state index in [-0.39, 0.29) is 5.91 Å². The molecule has 2 atom stereocenters. The van der Waals surface area contributed by atoms with Crippen molar-refractivity contribution in [2.24, 2.45) is 0 Å². The first-order valence-electron chi connectivity index (χ1n) is 9.71. The van der Waals surface area contributed by atoms with E-state index in [0.717, 1.165) is 11.1 Å². The summed E-state index contributed by atoms with van der Waals surface area (Å²) >= 11 is 0. The Kier molecular flexibility index (Phi) is 8.21. The van der Waals surface area contributed by atoms with Gasteiger partial charge in [-0.05, 0) is 38.8 Å². The lowest BCUT2D eigenvalue weighted by Gasteiger charge is -2.27. The maximum Gasteiger partial charge on any atom is 0.408 e. The molecule has 0 aromatic heterocycles. The van der Waals surface area contributed by atoms with Gasteiger partial charge in [-0.25, -0.2) is 4.79 Å². The molecule has 0 spiro atoms. The second-order valence-corrected chi connectivity index (χ2v) is 7.83. The van der Waals surface area contributed by atoms with Crippen molar-refractivity contribution in [1.82, 2.24) is 10.6 Å². The molecule has 29 heavy (non-hydrogen) atoms. The van der Waals surface area contributed by atoms with Gasteiger partial charge in [-0.15, -0.1) is 0 Å². The van der Waals surface area contributed by atoms with Crippen molar-refractivity contribution in [2.75, 3.05) is 0 Å². The van der Waals surface area contributed by atoms with Gasteiger partial charge in [0.05, 0.1) is 12.7 Å². The van der Waals surface area contributed by atoms with Gasteiger partial charge in [0.25, 0.3) is 0 Å². The van der Waals surface area contributed by atoms with Crippen LogP contribution in [0.2, 0.25) is 0 Å². The summed E-state index contributed by atoms with van der Waals surface area (Å²) in [5.41, 5.74) is 1.29. The number of carbonyl (C=O) groups is 2. The molecule has 2 amide bonds. The third-order valence-electron chi connectivity index (χ3n) is 4.09. The Morgan fingerprint density at radius 3 is 2.03 bits per heavy atom. The minimum atomic E-state index is -0.891. The Labute approximate surface area is 172 Å². The van der Waals surface area contributed by atoms with Gasteiger partial charge in [0, 0.05) is 6.54 Å². The second kappa shape index (κ2) is 10.6. The standard InChI is InChI=1S/C23H30N2O4/c1-17(28-16-19-13-9-6-10-14-19)20(25-22(27)29-23(2,3)4)21(26)24-15-18-11-7-5-8-12-18/h5-14,17,20H,15-16H2,1-4H3,(H,24,26)(H,25,27)/t17-,20+/m0/s1. The molecule has 0 aliphatic heterocycles. The normalized spacial score (nSPS) is 13.2. The van der Waals surface area contributed by atoms with Gasteiger partial charge in [-0.3, -0.25) is 4.79 Å². The van der Waals surface area contributed by atoms with E-state index in [0.29, 0.717) is 13.2 Å². The number of hydrogen-bond acceptors (Lipinski definition) is 4. The van der Waals surface area contributed by atoms with Crippen LogP contribution in [-0.4, -0.2) is 29.7 Å². The summed E-state index contributed by atoms with van der Waals surface area (Å²) in [6.07, 6.45) is -1.22. The molecule has 0 aliphatic carbocycles. The lowest BCUT2D eigenvalue weighted by molar-refractivity contribution is -0.127. The van der Waals surface area contributed by atoms with Crippen molar-refractivity contribution in [2.45, 2.75) is 58.6 Å². The van der Waals surface area contributed by atoms with Crippen LogP contribution < -0.4 is 10.6 Å². The molecule has 0 saturated carbocycles. The van der Waals surface area contributed by atoms with E-state index < -0.39 is 23.8 Å². The summed E-state index contributed by atoms with van der Waals surface area (Å²) in [4.78, 5) is 25.1. The third-order valence-corrected chi connectivity index (χ3v) is 4.09. The van der Waals surface area contributed by atoms with Crippen molar-refractivity contribution in [3.8, 4) is 0 Å². The minimum absolute atomic E-state index is 0.333. The fourth-order valence-corrected chi connectivity index (χ4v) is 2.62. The van der Waals surface area contributed by atoms with Crippen LogP contribution in [-0.2, 0) is 27.4 Å². The van der Waals surface area contributed by atoms with Gasteiger partial charge in [0.1, 0.15) is 11.6 Å². The van der Waals surface area contributed by atoms with Crippen LogP contribution >= 0.6 is 0 Å². The summed E-state index contributed by atoms with van der Waals surface area (Å²) in [5, 5.41) is 5.50. The first-order valence-corrected chi connectivity index (χ1v) is 9.71. The average Bonchev–Trinajstić information content (AvgIpc) is 2.68. The molecule has 2 aromatic rings. The topological polar surface area (TPSA) is 76.7 Å². The van der Waals surface area contributed by atoms with Crippen molar-refractivity contribution in [3.05, 3.63) is 71.8 Å². The van der Waals surface area contributed by atoms with Crippen molar-refractivity contribution in [1.29, 1.82) is 0 Å². The SMILES string of the molecule is C[C@H](OCc1ccccc1)[C@@H](NC(=O)OC(C)(C)C)C(=O)NCc1ccccc1. The van der Waals surface area contributed by atoms with Crippen molar-refractivity contribution < 1.29 is 19.1 Å². The van der Waals surface area contributed by atoms with Crippen molar-refractivity contribution >= 4 is 12.0 Å². The summed E-state index contributed by atoms with van der Waals surface area (Å²) in [7, 11) is 0. The van der Waals surface area contributed by atoms with Crippen LogP contribution in [0.15, 0.2) is 60.7 Å². The van der Waals surface area contributed by atoms with E-state index >= 15 is 0 Å². The average molecular weight is 399 g/mol. The smallest absolute Gasteiger partial charge is 0.408 e. The molecule has 0 saturated heterocycles. The Bertz CT molecular complexity index is 772. The number of amides is 2. The molecule has 156 valence electrons. The molecule has 0 fully saturated rings. The molecule has 2 N–H and O–H groups in total. The first kappa shape index (κ1) is 22.4. The number of alkyl carbamates (subject to hydrolysis) is 1. The zero-order valence-corrected chi connectivity index (χ0v) is 17.5. The molecule has 0 heterocycles. The predicted octanol–water partition coefficient (Wildman–Crippen LogP) is 3.80. The summed E-state index contributed by atoms with van der Waals surface area (Å²) in [6, 6.07) is 18.3. The highest BCUT2D eigenvalue weighted by Gasteiger charge is 2.29. The van der Waals surface area contributed by atoms with Gasteiger partial charge in [0.2, 0.25) is 5.91 Å². The molecule has 0 aliphatic rings. The largest absolute Gasteiger partial charge is 0.444 e. The molecule has 6 heteroatoms. The summed E-state index contributed by atoms with van der Waals surface area (Å²) < 4.78 is 11.2. The zero-order valence-electron chi connectivity index (χ0n) is 17.5. The highest BCUT2D eigenvalue weighted by atomic mass is 16.6. The van der Waals surface area contributed by atoms with Crippen LogP contribution in [0.1, 0.15) is 38.8 Å². The Balaban J connectivity index is 2.02. The highest BCUT2D eigenvalue weighted by Crippen LogP contribution is 2.10. The molecular weight excluding hydrogens is 368 g/mol. The van der Waals surface area contributed by atoms with Crippen LogP contribution in [0.4, 0.5) is 4.79 Å². The fraction of sp³-hybridized carbons (Fsp3) is 0.391. The van der Waals surface area contributed by atoms with Gasteiger partial charge >= 0.3 is 6.09 Å².